The van der Waals surface area contributed by atoms with Crippen LogP contribution in [0.15, 0.2) is 96.5 Å². The highest BCUT2D eigenvalue weighted by Gasteiger charge is 2.18. The van der Waals surface area contributed by atoms with Crippen LogP contribution in [-0.4, -0.2) is 24.3 Å². The molecule has 4 aromatic rings. The van der Waals surface area contributed by atoms with Gasteiger partial charge in [-0.3, -0.25) is 9.52 Å². The van der Waals surface area contributed by atoms with Gasteiger partial charge in [0.05, 0.1) is 23.3 Å². The molecular formula is C27H26N4O3S. The van der Waals surface area contributed by atoms with Crippen molar-refractivity contribution in [2.75, 3.05) is 4.72 Å². The van der Waals surface area contributed by atoms with Gasteiger partial charge in [-0.05, 0) is 47.9 Å². The van der Waals surface area contributed by atoms with Crippen molar-refractivity contribution in [3.63, 3.8) is 0 Å². The highest BCUT2D eigenvalue weighted by atomic mass is 32.2. The molecule has 0 saturated heterocycles. The van der Waals surface area contributed by atoms with Crippen LogP contribution in [0.5, 0.6) is 0 Å². The van der Waals surface area contributed by atoms with E-state index in [4.69, 9.17) is 0 Å². The third-order valence-corrected chi connectivity index (χ3v) is 6.38. The highest BCUT2D eigenvalue weighted by Crippen LogP contribution is 2.21. The van der Waals surface area contributed by atoms with E-state index in [9.17, 15) is 13.2 Å². The molecule has 0 aliphatic carbocycles. The number of carbonyl (C=O) groups excluding carboxylic acids is 1. The van der Waals surface area contributed by atoms with Crippen molar-refractivity contribution in [2.45, 2.75) is 19.4 Å². The molecule has 0 bridgehead atoms. The summed E-state index contributed by atoms with van der Waals surface area (Å²) in [6.45, 7) is 1.97. The van der Waals surface area contributed by atoms with Crippen LogP contribution in [0, 0.1) is 0 Å². The van der Waals surface area contributed by atoms with Crippen molar-refractivity contribution >= 4 is 27.7 Å². The molecule has 0 radical (unpaired) electrons. The minimum absolute atomic E-state index is 0.270. The number of H-pyrrole nitrogens is 1. The fourth-order valence-electron chi connectivity index (χ4n) is 3.50. The van der Waals surface area contributed by atoms with Gasteiger partial charge in [0.1, 0.15) is 5.82 Å². The van der Waals surface area contributed by atoms with E-state index in [-0.39, 0.29) is 11.9 Å². The zero-order chi connectivity index (χ0) is 24.7. The summed E-state index contributed by atoms with van der Waals surface area (Å²) in [5, 5.41) is 4.10. The molecule has 3 aromatic carbocycles. The fraction of sp³-hybridized carbons (Fsp3) is 0.111. The van der Waals surface area contributed by atoms with E-state index >= 15 is 0 Å². The summed E-state index contributed by atoms with van der Waals surface area (Å²) in [6.07, 6.45) is 3.93. The number of amides is 1. The summed E-state index contributed by atoms with van der Waals surface area (Å²) in [6, 6.07) is 25.0. The maximum Gasteiger partial charge on any atom is 0.255 e. The van der Waals surface area contributed by atoms with Crippen LogP contribution >= 0.6 is 0 Å². The van der Waals surface area contributed by atoms with Gasteiger partial charge in [-0.25, -0.2) is 13.4 Å². The van der Waals surface area contributed by atoms with Crippen molar-refractivity contribution in [1.29, 1.82) is 0 Å². The number of imidazole rings is 1. The van der Waals surface area contributed by atoms with Crippen LogP contribution in [0.3, 0.4) is 0 Å². The monoisotopic (exact) mass is 486 g/mol. The summed E-state index contributed by atoms with van der Waals surface area (Å²) < 4.78 is 27.2. The number of hydrogen-bond acceptors (Lipinski definition) is 4. The number of nitrogens with one attached hydrogen (secondary N) is 3. The first-order valence-electron chi connectivity index (χ1n) is 11.2. The molecule has 4 rings (SSSR count). The Hall–Kier alpha value is -4.17. The molecule has 7 nitrogen and oxygen atoms in total. The zero-order valence-corrected chi connectivity index (χ0v) is 20.0. The van der Waals surface area contributed by atoms with E-state index in [0.29, 0.717) is 23.5 Å². The predicted molar refractivity (Wildman–Crippen MR) is 139 cm³/mol. The van der Waals surface area contributed by atoms with E-state index in [0.717, 1.165) is 22.2 Å². The van der Waals surface area contributed by atoms with Crippen molar-refractivity contribution in [1.82, 2.24) is 15.3 Å². The quantitative estimate of drug-likeness (QED) is 0.296. The number of nitrogens with zero attached hydrogens (tertiary/aromatic N) is 1. The van der Waals surface area contributed by atoms with Gasteiger partial charge in [-0.1, -0.05) is 67.6 Å². The molecule has 1 aromatic heterocycles. The van der Waals surface area contributed by atoms with E-state index in [1.54, 1.807) is 30.5 Å². The van der Waals surface area contributed by atoms with E-state index < -0.39 is 10.0 Å². The van der Waals surface area contributed by atoms with Crippen molar-refractivity contribution in [3.8, 4) is 11.3 Å². The minimum atomic E-state index is -3.69. The molecule has 8 heteroatoms. The number of anilines is 1. The molecule has 0 fully saturated rings. The average Bonchev–Trinajstić information content (AvgIpc) is 3.37. The smallest absolute Gasteiger partial charge is 0.255 e. The molecule has 3 N–H and O–H groups in total. The van der Waals surface area contributed by atoms with Gasteiger partial charge in [-0.2, -0.15) is 0 Å². The molecule has 0 spiro atoms. The Labute approximate surface area is 205 Å². The van der Waals surface area contributed by atoms with Gasteiger partial charge in [-0.15, -0.1) is 0 Å². The zero-order valence-electron chi connectivity index (χ0n) is 19.2. The summed E-state index contributed by atoms with van der Waals surface area (Å²) in [7, 11) is -3.69. The first-order chi connectivity index (χ1) is 16.9. The summed E-state index contributed by atoms with van der Waals surface area (Å²) >= 11 is 0. The van der Waals surface area contributed by atoms with Crippen molar-refractivity contribution in [2.24, 2.45) is 0 Å². The Morgan fingerprint density at radius 1 is 0.971 bits per heavy atom. The third-order valence-electron chi connectivity index (χ3n) is 5.37. The number of aromatic nitrogens is 2. The molecule has 1 amide bonds. The molecule has 1 unspecified atom stereocenters. The normalized spacial score (nSPS) is 12.4. The number of sulfonamides is 1. The van der Waals surface area contributed by atoms with Crippen LogP contribution in [0.4, 0.5) is 5.69 Å². The summed E-state index contributed by atoms with van der Waals surface area (Å²) in [5.74, 6) is 0.405. The number of hydrogen-bond donors (Lipinski definition) is 3. The van der Waals surface area contributed by atoms with Crippen molar-refractivity contribution in [3.05, 3.63) is 113 Å². The maximum atomic E-state index is 12.8. The van der Waals surface area contributed by atoms with Crippen LogP contribution < -0.4 is 10.0 Å². The van der Waals surface area contributed by atoms with Gasteiger partial charge < -0.3 is 10.3 Å². The van der Waals surface area contributed by atoms with Gasteiger partial charge >= 0.3 is 0 Å². The average molecular weight is 487 g/mol. The first-order valence-corrected chi connectivity index (χ1v) is 12.8. The SMILES string of the molecule is CCC(NC(=O)c1ccc(NS(=O)(=O)/C=C/c2ccccc2)cc1)c1ncc(-c2ccccc2)[nH]1. The molecule has 178 valence electrons. The van der Waals surface area contributed by atoms with Gasteiger partial charge in [0, 0.05) is 11.3 Å². The van der Waals surface area contributed by atoms with Gasteiger partial charge in [0.15, 0.2) is 0 Å². The van der Waals surface area contributed by atoms with E-state index in [1.807, 2.05) is 67.6 Å². The van der Waals surface area contributed by atoms with Crippen LogP contribution in [0.1, 0.15) is 41.1 Å². The van der Waals surface area contributed by atoms with Gasteiger partial charge in [0.25, 0.3) is 15.9 Å². The lowest BCUT2D eigenvalue weighted by molar-refractivity contribution is 0.0934. The number of carbonyl (C=O) groups is 1. The maximum absolute atomic E-state index is 12.8. The van der Waals surface area contributed by atoms with E-state index in [2.05, 4.69) is 20.0 Å². The lowest BCUT2D eigenvalue weighted by atomic mass is 10.1. The van der Waals surface area contributed by atoms with E-state index in [1.165, 1.54) is 6.08 Å². The Balaban J connectivity index is 1.39. The topological polar surface area (TPSA) is 104 Å². The van der Waals surface area contributed by atoms with Crippen LogP contribution in [0.2, 0.25) is 0 Å². The third kappa shape index (κ3) is 6.45. The highest BCUT2D eigenvalue weighted by molar-refractivity contribution is 7.95. The lowest BCUT2D eigenvalue weighted by Gasteiger charge is -2.15. The Morgan fingerprint density at radius 3 is 2.29 bits per heavy atom. The Morgan fingerprint density at radius 2 is 1.63 bits per heavy atom. The largest absolute Gasteiger partial charge is 0.342 e. The lowest BCUT2D eigenvalue weighted by Crippen LogP contribution is -2.28. The molecular weight excluding hydrogens is 460 g/mol. The number of aromatic amines is 1. The number of benzene rings is 3. The Kier molecular flexibility index (Phi) is 7.42. The second-order valence-corrected chi connectivity index (χ2v) is 9.49. The van der Waals surface area contributed by atoms with Crippen LogP contribution in [0.25, 0.3) is 17.3 Å². The fourth-order valence-corrected chi connectivity index (χ4v) is 4.37. The van der Waals surface area contributed by atoms with Gasteiger partial charge in [0.2, 0.25) is 0 Å². The Bertz CT molecular complexity index is 1400. The number of rotatable bonds is 9. The van der Waals surface area contributed by atoms with Crippen molar-refractivity contribution < 1.29 is 13.2 Å². The predicted octanol–water partition coefficient (Wildman–Crippen LogP) is 5.37. The molecule has 35 heavy (non-hydrogen) atoms. The summed E-state index contributed by atoms with van der Waals surface area (Å²) in [5.41, 5.74) is 3.46. The first kappa shape index (κ1) is 24.0. The second-order valence-electron chi connectivity index (χ2n) is 7.92. The molecule has 0 saturated carbocycles. The molecule has 0 aliphatic rings. The standard InChI is InChI=1S/C27H26N4O3S/c1-2-24(26-28-19-25(29-26)21-11-7-4-8-12-21)30-27(32)22-13-15-23(16-14-22)31-35(33,34)18-17-20-9-5-3-6-10-20/h3-19,24,31H,2H2,1H3,(H,28,29)(H,30,32)/b18-17+. The second kappa shape index (κ2) is 10.8. The minimum Gasteiger partial charge on any atom is -0.342 e. The van der Waals surface area contributed by atoms with Crippen LogP contribution in [-0.2, 0) is 10.0 Å². The molecule has 1 heterocycles. The molecule has 0 aliphatic heterocycles. The molecule has 1 atom stereocenters. The summed E-state index contributed by atoms with van der Waals surface area (Å²) in [4.78, 5) is 20.6.